The largest absolute Gasteiger partial charge is 0.383 e. The van der Waals surface area contributed by atoms with Crippen molar-refractivity contribution in [1.82, 2.24) is 9.88 Å². The third-order valence-corrected chi connectivity index (χ3v) is 4.26. The molecule has 112 valence electrons. The second-order valence-corrected chi connectivity index (χ2v) is 5.70. The highest BCUT2D eigenvalue weighted by molar-refractivity contribution is 5.95. The van der Waals surface area contributed by atoms with Gasteiger partial charge in [0, 0.05) is 31.1 Å². The van der Waals surface area contributed by atoms with Crippen LogP contribution in [0, 0.1) is 13.8 Å². The summed E-state index contributed by atoms with van der Waals surface area (Å²) in [5.41, 5.74) is 3.11. The van der Waals surface area contributed by atoms with Crippen molar-refractivity contribution in [2.24, 2.45) is 0 Å². The Morgan fingerprint density at radius 2 is 2.05 bits per heavy atom. The first-order valence-corrected chi connectivity index (χ1v) is 7.60. The van der Waals surface area contributed by atoms with Crippen molar-refractivity contribution in [3.8, 4) is 0 Å². The molecule has 1 fully saturated rings. The molecule has 0 aromatic carbocycles. The van der Waals surface area contributed by atoms with E-state index in [9.17, 15) is 4.79 Å². The predicted molar refractivity (Wildman–Crippen MR) is 80.2 cm³/mol. The molecule has 1 aromatic rings. The Hall–Kier alpha value is -1.29. The minimum atomic E-state index is 0.0113. The van der Waals surface area contributed by atoms with Gasteiger partial charge in [0.25, 0.3) is 5.91 Å². The topological polar surface area (TPSA) is 43.3 Å². The number of aromatic nitrogens is 1. The third kappa shape index (κ3) is 3.23. The lowest BCUT2D eigenvalue weighted by Crippen LogP contribution is -2.27. The number of hydrogen-bond donors (Lipinski definition) is 1. The molecule has 20 heavy (non-hydrogen) atoms. The second-order valence-electron chi connectivity index (χ2n) is 5.70. The number of carbonyl (C=O) groups is 1. The Balaban J connectivity index is 2.13. The molecule has 1 N–H and O–H groups in total. The monoisotopic (exact) mass is 278 g/mol. The van der Waals surface area contributed by atoms with Crippen molar-refractivity contribution in [3.63, 3.8) is 0 Å². The van der Waals surface area contributed by atoms with Crippen LogP contribution in [0.15, 0.2) is 6.07 Å². The summed E-state index contributed by atoms with van der Waals surface area (Å²) in [5, 5.41) is 2.91. The Kier molecular flexibility index (Phi) is 5.24. The van der Waals surface area contributed by atoms with E-state index in [1.165, 1.54) is 37.8 Å². The van der Waals surface area contributed by atoms with Crippen LogP contribution < -0.4 is 5.32 Å². The number of methoxy groups -OCH3 is 1. The van der Waals surface area contributed by atoms with Crippen LogP contribution in [0.2, 0.25) is 0 Å². The van der Waals surface area contributed by atoms with E-state index in [1.54, 1.807) is 7.11 Å². The molecule has 0 bridgehead atoms. The first-order chi connectivity index (χ1) is 9.65. The van der Waals surface area contributed by atoms with E-state index in [2.05, 4.69) is 23.7 Å². The number of aryl methyl sites for hydroxylation is 1. The van der Waals surface area contributed by atoms with E-state index in [4.69, 9.17) is 4.74 Å². The van der Waals surface area contributed by atoms with E-state index >= 15 is 0 Å². The fourth-order valence-corrected chi connectivity index (χ4v) is 3.27. The number of hydrogen-bond acceptors (Lipinski definition) is 2. The number of nitrogens with zero attached hydrogens (tertiary/aromatic N) is 1. The minimum Gasteiger partial charge on any atom is -0.383 e. The highest BCUT2D eigenvalue weighted by Gasteiger charge is 2.22. The molecule has 0 aliphatic heterocycles. The summed E-state index contributed by atoms with van der Waals surface area (Å²) in [5.74, 6) is 0.0113. The SMILES string of the molecule is COCCNC(=O)c1cc(C)n(C2CCCCC2)c1C. The van der Waals surface area contributed by atoms with Crippen LogP contribution in [0.1, 0.15) is 59.9 Å². The molecule has 1 aliphatic carbocycles. The number of carbonyl (C=O) groups excluding carboxylic acids is 1. The van der Waals surface area contributed by atoms with Gasteiger partial charge in [-0.3, -0.25) is 4.79 Å². The molecule has 1 heterocycles. The van der Waals surface area contributed by atoms with Crippen LogP contribution in [-0.4, -0.2) is 30.7 Å². The van der Waals surface area contributed by atoms with Crippen LogP contribution >= 0.6 is 0 Å². The van der Waals surface area contributed by atoms with E-state index in [0.29, 0.717) is 19.2 Å². The van der Waals surface area contributed by atoms with Crippen molar-refractivity contribution < 1.29 is 9.53 Å². The van der Waals surface area contributed by atoms with Crippen LogP contribution in [0.4, 0.5) is 0 Å². The molecule has 1 saturated carbocycles. The molecule has 1 aliphatic rings. The summed E-state index contributed by atoms with van der Waals surface area (Å²) in [6.07, 6.45) is 6.43. The van der Waals surface area contributed by atoms with Crippen LogP contribution in [0.5, 0.6) is 0 Å². The molecule has 1 aromatic heterocycles. The van der Waals surface area contributed by atoms with Gasteiger partial charge in [0.15, 0.2) is 0 Å². The molecular weight excluding hydrogens is 252 g/mol. The quantitative estimate of drug-likeness (QED) is 0.841. The first-order valence-electron chi connectivity index (χ1n) is 7.60. The summed E-state index contributed by atoms with van der Waals surface area (Å²) in [6, 6.07) is 2.59. The van der Waals surface area contributed by atoms with Crippen LogP contribution in [0.25, 0.3) is 0 Å². The highest BCUT2D eigenvalue weighted by atomic mass is 16.5. The maximum absolute atomic E-state index is 12.2. The minimum absolute atomic E-state index is 0.0113. The number of rotatable bonds is 5. The number of amides is 1. The fourth-order valence-electron chi connectivity index (χ4n) is 3.27. The van der Waals surface area contributed by atoms with E-state index in [0.717, 1.165) is 11.3 Å². The van der Waals surface area contributed by atoms with Gasteiger partial charge in [0.1, 0.15) is 0 Å². The van der Waals surface area contributed by atoms with Gasteiger partial charge in [-0.15, -0.1) is 0 Å². The summed E-state index contributed by atoms with van der Waals surface area (Å²) < 4.78 is 7.33. The Morgan fingerprint density at radius 1 is 1.35 bits per heavy atom. The van der Waals surface area contributed by atoms with Gasteiger partial charge >= 0.3 is 0 Å². The molecule has 4 nitrogen and oxygen atoms in total. The smallest absolute Gasteiger partial charge is 0.253 e. The normalized spacial score (nSPS) is 16.4. The predicted octanol–water partition coefficient (Wildman–Crippen LogP) is 2.99. The molecule has 0 unspecified atom stereocenters. The molecule has 0 radical (unpaired) electrons. The first kappa shape index (κ1) is 15.1. The van der Waals surface area contributed by atoms with E-state index in [1.807, 2.05) is 6.07 Å². The zero-order chi connectivity index (χ0) is 14.5. The number of nitrogens with one attached hydrogen (secondary N) is 1. The molecule has 0 spiro atoms. The lowest BCUT2D eigenvalue weighted by Gasteiger charge is -2.26. The van der Waals surface area contributed by atoms with Gasteiger partial charge in [-0.1, -0.05) is 19.3 Å². The lowest BCUT2D eigenvalue weighted by molar-refractivity contribution is 0.0936. The zero-order valence-electron chi connectivity index (χ0n) is 12.9. The summed E-state index contributed by atoms with van der Waals surface area (Å²) in [7, 11) is 1.64. The van der Waals surface area contributed by atoms with Crippen molar-refractivity contribution in [2.45, 2.75) is 52.0 Å². The highest BCUT2D eigenvalue weighted by Crippen LogP contribution is 2.32. The molecule has 4 heteroatoms. The van der Waals surface area contributed by atoms with Crippen molar-refractivity contribution in [2.75, 3.05) is 20.3 Å². The van der Waals surface area contributed by atoms with Crippen LogP contribution in [-0.2, 0) is 4.74 Å². The standard InChI is InChI=1S/C16H26N2O2/c1-12-11-15(16(19)17-9-10-20-3)13(2)18(12)14-7-5-4-6-8-14/h11,14H,4-10H2,1-3H3,(H,17,19). The Labute approximate surface area is 121 Å². The lowest BCUT2D eigenvalue weighted by atomic mass is 9.95. The molecule has 2 rings (SSSR count). The Morgan fingerprint density at radius 3 is 2.70 bits per heavy atom. The van der Waals surface area contributed by atoms with E-state index < -0.39 is 0 Å². The molecular formula is C16H26N2O2. The van der Waals surface area contributed by atoms with Gasteiger partial charge in [0.05, 0.1) is 12.2 Å². The second kappa shape index (κ2) is 6.93. The van der Waals surface area contributed by atoms with Gasteiger partial charge in [-0.25, -0.2) is 0 Å². The zero-order valence-corrected chi connectivity index (χ0v) is 12.9. The van der Waals surface area contributed by atoms with Gasteiger partial charge in [-0.2, -0.15) is 0 Å². The van der Waals surface area contributed by atoms with E-state index in [-0.39, 0.29) is 5.91 Å². The third-order valence-electron chi connectivity index (χ3n) is 4.26. The summed E-state index contributed by atoms with van der Waals surface area (Å²) in [4.78, 5) is 12.2. The molecule has 1 amide bonds. The molecule has 0 saturated heterocycles. The maximum atomic E-state index is 12.2. The van der Waals surface area contributed by atoms with Gasteiger partial charge in [0.2, 0.25) is 0 Å². The summed E-state index contributed by atoms with van der Waals surface area (Å²) in [6.45, 7) is 5.27. The van der Waals surface area contributed by atoms with Crippen molar-refractivity contribution in [3.05, 3.63) is 23.0 Å². The molecule has 0 atom stereocenters. The van der Waals surface area contributed by atoms with Gasteiger partial charge < -0.3 is 14.6 Å². The van der Waals surface area contributed by atoms with Crippen LogP contribution in [0.3, 0.4) is 0 Å². The number of ether oxygens (including phenoxy) is 1. The summed E-state index contributed by atoms with van der Waals surface area (Å²) >= 11 is 0. The Bertz CT molecular complexity index is 459. The fraction of sp³-hybridized carbons (Fsp3) is 0.688. The van der Waals surface area contributed by atoms with Gasteiger partial charge in [-0.05, 0) is 32.8 Å². The average molecular weight is 278 g/mol. The van der Waals surface area contributed by atoms with Crippen molar-refractivity contribution in [1.29, 1.82) is 0 Å². The van der Waals surface area contributed by atoms with Crippen molar-refractivity contribution >= 4 is 5.91 Å². The average Bonchev–Trinajstić information content (AvgIpc) is 2.75. The maximum Gasteiger partial charge on any atom is 0.253 e.